The Hall–Kier alpha value is -4.24. The van der Waals surface area contributed by atoms with Crippen molar-refractivity contribution in [2.75, 3.05) is 0 Å². The van der Waals surface area contributed by atoms with Gasteiger partial charge in [0, 0.05) is 37.6 Å². The van der Waals surface area contributed by atoms with E-state index in [1.54, 1.807) is 83.4 Å². The Morgan fingerprint density at radius 1 is 0.634 bits per heavy atom. The molecule has 0 unspecified atom stereocenters. The van der Waals surface area contributed by atoms with E-state index in [0.717, 1.165) is 40.2 Å². The molecule has 8 heteroatoms. The number of hydrogen-bond acceptors (Lipinski definition) is 8. The van der Waals surface area contributed by atoms with Crippen molar-refractivity contribution < 1.29 is 23.9 Å². The van der Waals surface area contributed by atoms with Gasteiger partial charge in [0.2, 0.25) is 0 Å². The van der Waals surface area contributed by atoms with Crippen molar-refractivity contribution in [3.05, 3.63) is 109 Å². The second-order valence-electron chi connectivity index (χ2n) is 10.6. The van der Waals surface area contributed by atoms with Crippen molar-refractivity contribution in [2.24, 2.45) is 0 Å². The molecule has 3 aromatic heterocycles. The number of rotatable bonds is 2. The minimum atomic E-state index is -0.641. The highest BCUT2D eigenvalue weighted by molar-refractivity contribution is 7.32. The fraction of sp³-hybridized carbons (Fsp3) is 0.0909. The number of allylic oxidation sites excluding steroid dienone is 2. The van der Waals surface area contributed by atoms with Crippen LogP contribution in [-0.4, -0.2) is 23.1 Å². The number of thiophene rings is 3. The second kappa shape index (κ2) is 8.39. The van der Waals surface area contributed by atoms with Crippen LogP contribution in [0.5, 0.6) is 5.75 Å². The van der Waals surface area contributed by atoms with E-state index in [1.807, 2.05) is 26.0 Å². The minimum Gasteiger partial charge on any atom is -0.480 e. The number of carbonyl (C=O) groups excluding carboxylic acids is 4. The molecule has 5 aromatic rings. The van der Waals surface area contributed by atoms with Gasteiger partial charge in [0.1, 0.15) is 5.60 Å². The zero-order valence-corrected chi connectivity index (χ0v) is 24.1. The molecule has 2 aromatic carbocycles. The zero-order valence-electron chi connectivity index (χ0n) is 21.7. The van der Waals surface area contributed by atoms with E-state index in [4.69, 9.17) is 4.74 Å². The molecule has 5 nitrogen and oxygen atoms in total. The second-order valence-corrected chi connectivity index (χ2v) is 13.8. The van der Waals surface area contributed by atoms with Crippen LogP contribution in [0.4, 0.5) is 0 Å². The van der Waals surface area contributed by atoms with Gasteiger partial charge in [-0.25, -0.2) is 0 Å². The summed E-state index contributed by atoms with van der Waals surface area (Å²) >= 11 is 4.64. The van der Waals surface area contributed by atoms with Crippen molar-refractivity contribution in [3.8, 4) is 15.5 Å². The number of fused-ring (bicyclic) bond motifs is 7. The third-order valence-corrected chi connectivity index (χ3v) is 11.3. The molecule has 0 spiro atoms. The maximum absolute atomic E-state index is 13.0. The summed E-state index contributed by atoms with van der Waals surface area (Å²) in [5, 5.41) is 0. The van der Waals surface area contributed by atoms with Crippen molar-refractivity contribution in [1.29, 1.82) is 0 Å². The molecule has 0 fully saturated rings. The summed E-state index contributed by atoms with van der Waals surface area (Å²) in [7, 11) is 0. The fourth-order valence-electron chi connectivity index (χ4n) is 5.70. The quantitative estimate of drug-likeness (QED) is 0.153. The Balaban J connectivity index is 1.19. The van der Waals surface area contributed by atoms with Crippen molar-refractivity contribution in [1.82, 2.24) is 0 Å². The fourth-order valence-corrected chi connectivity index (χ4v) is 9.54. The Kier molecular flexibility index (Phi) is 5.02. The topological polar surface area (TPSA) is 77.5 Å². The smallest absolute Gasteiger partial charge is 0.197 e. The summed E-state index contributed by atoms with van der Waals surface area (Å²) < 4.78 is 8.55. The largest absolute Gasteiger partial charge is 0.480 e. The van der Waals surface area contributed by atoms with Gasteiger partial charge in [-0.05, 0) is 38.1 Å². The number of hydrogen-bond donors (Lipinski definition) is 0. The highest BCUT2D eigenvalue weighted by atomic mass is 32.1. The van der Waals surface area contributed by atoms with E-state index in [1.165, 1.54) is 11.3 Å². The van der Waals surface area contributed by atoms with Gasteiger partial charge in [0.15, 0.2) is 28.9 Å². The average molecular weight is 591 g/mol. The van der Waals surface area contributed by atoms with Gasteiger partial charge in [-0.2, -0.15) is 0 Å². The molecule has 0 saturated heterocycles. The number of ether oxygens (including phenoxy) is 1. The van der Waals surface area contributed by atoms with Crippen molar-refractivity contribution in [3.63, 3.8) is 0 Å². The molecule has 0 amide bonds. The monoisotopic (exact) mass is 590 g/mol. The maximum atomic E-state index is 13.0. The minimum absolute atomic E-state index is 0.187. The first-order chi connectivity index (χ1) is 19.7. The summed E-state index contributed by atoms with van der Waals surface area (Å²) in [5.41, 5.74) is 2.54. The lowest BCUT2D eigenvalue weighted by atomic mass is 9.95. The Morgan fingerprint density at radius 3 is 1.63 bits per heavy atom. The van der Waals surface area contributed by atoms with Crippen LogP contribution in [0.15, 0.2) is 71.8 Å². The molecule has 2 aliphatic carbocycles. The predicted octanol–water partition coefficient (Wildman–Crippen LogP) is 8.24. The standard InChI is InChI=1S/C33H18O5S3/c1-33(2)23-13-15(11-21-25(34)17-7-3-4-8-18(17)26(21)35)39-30(23)32-29(38-33)31-24(41-32)14-16(40-31)12-22-27(36)19-9-5-6-10-20(19)28(22)37/h3-14H,1-2H3. The molecule has 3 aliphatic rings. The SMILES string of the molecule is CC1(C)Oc2c(sc3cc(C=C4C(=O)c5ccccc5C4=O)sc23)-c2sc(C=C3C(=O)c4ccccc4C3=O)cc21. The lowest BCUT2D eigenvalue weighted by Crippen LogP contribution is -2.27. The highest BCUT2D eigenvalue weighted by Crippen LogP contribution is 2.57. The van der Waals surface area contributed by atoms with Crippen molar-refractivity contribution in [2.45, 2.75) is 19.4 Å². The van der Waals surface area contributed by atoms with E-state index in [2.05, 4.69) is 0 Å². The molecule has 0 radical (unpaired) electrons. The van der Waals surface area contributed by atoms with E-state index >= 15 is 0 Å². The first-order valence-electron chi connectivity index (χ1n) is 12.9. The van der Waals surface area contributed by atoms with E-state index in [9.17, 15) is 19.2 Å². The molecule has 41 heavy (non-hydrogen) atoms. The van der Waals surface area contributed by atoms with Gasteiger partial charge < -0.3 is 4.74 Å². The van der Waals surface area contributed by atoms with Crippen LogP contribution in [0.1, 0.15) is 70.6 Å². The summed E-state index contributed by atoms with van der Waals surface area (Å²) in [4.78, 5) is 55.4. The van der Waals surface area contributed by atoms with Gasteiger partial charge >= 0.3 is 0 Å². The summed E-state index contributed by atoms with van der Waals surface area (Å²) in [6.07, 6.45) is 3.40. The Bertz CT molecular complexity index is 2050. The number of carbonyl (C=O) groups is 4. The summed E-state index contributed by atoms with van der Waals surface area (Å²) in [5.74, 6) is -0.184. The lowest BCUT2D eigenvalue weighted by molar-refractivity contribution is 0.0975. The first-order valence-corrected chi connectivity index (χ1v) is 15.4. The maximum Gasteiger partial charge on any atom is 0.197 e. The van der Waals surface area contributed by atoms with Crippen molar-refractivity contribution >= 4 is 78.7 Å². The normalized spacial score (nSPS) is 16.5. The van der Waals surface area contributed by atoms with Crippen LogP contribution in [0.3, 0.4) is 0 Å². The van der Waals surface area contributed by atoms with Crippen LogP contribution in [-0.2, 0) is 5.60 Å². The van der Waals surface area contributed by atoms with E-state index < -0.39 is 5.60 Å². The summed E-state index contributed by atoms with van der Waals surface area (Å²) in [6, 6.07) is 17.8. The first kappa shape index (κ1) is 24.5. The molecule has 0 bridgehead atoms. The molecule has 4 heterocycles. The molecule has 198 valence electrons. The Morgan fingerprint density at radius 2 is 1.12 bits per heavy atom. The van der Waals surface area contributed by atoms with Crippen LogP contribution < -0.4 is 4.74 Å². The third-order valence-electron chi connectivity index (χ3n) is 7.69. The van der Waals surface area contributed by atoms with E-state index in [-0.39, 0.29) is 34.3 Å². The average Bonchev–Trinajstić information content (AvgIpc) is 3.74. The molecule has 0 N–H and O–H groups in total. The molecular weight excluding hydrogens is 573 g/mol. The van der Waals surface area contributed by atoms with Gasteiger partial charge in [-0.3, -0.25) is 19.2 Å². The van der Waals surface area contributed by atoms with Crippen LogP contribution >= 0.6 is 34.0 Å². The summed E-state index contributed by atoms with van der Waals surface area (Å²) in [6.45, 7) is 4.01. The molecular formula is C33H18O5S3. The molecule has 0 atom stereocenters. The van der Waals surface area contributed by atoms with Crippen LogP contribution in [0, 0.1) is 0 Å². The van der Waals surface area contributed by atoms with Gasteiger partial charge in [-0.15, -0.1) is 34.0 Å². The van der Waals surface area contributed by atoms with E-state index in [0.29, 0.717) is 22.3 Å². The molecule has 8 rings (SSSR count). The number of ketones is 4. The van der Waals surface area contributed by atoms with Crippen LogP contribution in [0.2, 0.25) is 0 Å². The van der Waals surface area contributed by atoms with Crippen LogP contribution in [0.25, 0.3) is 31.3 Å². The Labute approximate surface area is 246 Å². The van der Waals surface area contributed by atoms with Gasteiger partial charge in [-0.1, -0.05) is 48.5 Å². The lowest BCUT2D eigenvalue weighted by Gasteiger charge is -2.31. The zero-order chi connectivity index (χ0) is 28.2. The third kappa shape index (κ3) is 3.45. The van der Waals surface area contributed by atoms with Gasteiger partial charge in [0.25, 0.3) is 0 Å². The molecule has 1 aliphatic heterocycles. The number of benzene rings is 2. The molecule has 0 saturated carbocycles. The highest BCUT2D eigenvalue weighted by Gasteiger charge is 2.39. The number of Topliss-reactive ketones (excluding diaryl/α,β-unsaturated/α-hetero) is 4. The predicted molar refractivity (Wildman–Crippen MR) is 163 cm³/mol. The van der Waals surface area contributed by atoms with Gasteiger partial charge in [0.05, 0.1) is 30.3 Å².